The predicted molar refractivity (Wildman–Crippen MR) is 44.2 cm³/mol. The van der Waals surface area contributed by atoms with Gasteiger partial charge in [-0.3, -0.25) is 14.5 Å². The number of likely N-dealkylation sites (tertiary alicyclic amines) is 1. The van der Waals surface area contributed by atoms with Gasteiger partial charge in [0.05, 0.1) is 0 Å². The molecule has 0 radical (unpaired) electrons. The zero-order valence-electron chi connectivity index (χ0n) is 7.25. The third-order valence-corrected chi connectivity index (χ3v) is 1.85. The Hall–Kier alpha value is -0.900. The van der Waals surface area contributed by atoms with E-state index in [2.05, 4.69) is 0 Å². The van der Waals surface area contributed by atoms with E-state index in [1.54, 1.807) is 6.92 Å². The highest BCUT2D eigenvalue weighted by molar-refractivity contribution is 5.97. The first kappa shape index (κ1) is 9.19. The van der Waals surface area contributed by atoms with Crippen LogP contribution in [0.2, 0.25) is 0 Å². The number of hydrogen-bond donors (Lipinski definition) is 1. The molecular formula is C8H14N2O2. The maximum absolute atomic E-state index is 11.2. The van der Waals surface area contributed by atoms with Gasteiger partial charge in [-0.2, -0.15) is 0 Å². The largest absolute Gasteiger partial charge is 0.326 e. The fraction of sp³-hybridized carbons (Fsp3) is 0.750. The van der Waals surface area contributed by atoms with Crippen LogP contribution in [-0.2, 0) is 9.59 Å². The maximum Gasteiger partial charge on any atom is 0.229 e. The minimum absolute atomic E-state index is 0.0800. The highest BCUT2D eigenvalue weighted by atomic mass is 16.2. The monoisotopic (exact) mass is 170 g/mol. The zero-order valence-corrected chi connectivity index (χ0v) is 7.25. The first-order valence-electron chi connectivity index (χ1n) is 4.20. The van der Waals surface area contributed by atoms with Gasteiger partial charge in [-0.05, 0) is 13.3 Å². The van der Waals surface area contributed by atoms with Crippen molar-refractivity contribution in [2.45, 2.75) is 32.2 Å². The molecule has 0 aromatic rings. The summed E-state index contributed by atoms with van der Waals surface area (Å²) in [6, 6.07) is -0.129. The number of rotatable bonds is 2. The molecule has 1 saturated heterocycles. The standard InChI is InChI=1S/C8H14N2O2/c1-6(9)5-10-7(11)3-2-4-8(10)12/h6H,2-5,9H2,1H3/t6-/m1/s1. The van der Waals surface area contributed by atoms with Crippen LogP contribution in [0.5, 0.6) is 0 Å². The summed E-state index contributed by atoms with van der Waals surface area (Å²) in [7, 11) is 0. The summed E-state index contributed by atoms with van der Waals surface area (Å²) in [4.78, 5) is 23.7. The van der Waals surface area contributed by atoms with Gasteiger partial charge in [-0.15, -0.1) is 0 Å². The first-order valence-corrected chi connectivity index (χ1v) is 4.20. The second kappa shape index (κ2) is 3.67. The highest BCUT2D eigenvalue weighted by Crippen LogP contribution is 2.11. The van der Waals surface area contributed by atoms with E-state index in [9.17, 15) is 9.59 Å². The molecule has 2 amide bonds. The van der Waals surface area contributed by atoms with Gasteiger partial charge < -0.3 is 5.73 Å². The summed E-state index contributed by atoms with van der Waals surface area (Å²) < 4.78 is 0. The Morgan fingerprint density at radius 2 is 1.92 bits per heavy atom. The second-order valence-electron chi connectivity index (χ2n) is 3.23. The molecule has 1 aliphatic rings. The minimum atomic E-state index is -0.129. The van der Waals surface area contributed by atoms with E-state index in [1.807, 2.05) is 0 Å². The van der Waals surface area contributed by atoms with E-state index in [4.69, 9.17) is 5.73 Å². The average molecular weight is 170 g/mol. The van der Waals surface area contributed by atoms with Gasteiger partial charge in [0.25, 0.3) is 0 Å². The van der Waals surface area contributed by atoms with E-state index in [1.165, 1.54) is 4.90 Å². The van der Waals surface area contributed by atoms with Crippen LogP contribution >= 0.6 is 0 Å². The van der Waals surface area contributed by atoms with E-state index in [0.29, 0.717) is 25.8 Å². The van der Waals surface area contributed by atoms with Crippen molar-refractivity contribution in [3.05, 3.63) is 0 Å². The molecule has 2 N–H and O–H groups in total. The fourth-order valence-electron chi connectivity index (χ4n) is 1.29. The summed E-state index contributed by atoms with van der Waals surface area (Å²) in [5, 5.41) is 0. The lowest BCUT2D eigenvalue weighted by molar-refractivity contribution is -0.148. The van der Waals surface area contributed by atoms with E-state index < -0.39 is 0 Å². The number of nitrogens with two attached hydrogens (primary N) is 1. The van der Waals surface area contributed by atoms with Crippen LogP contribution in [0.3, 0.4) is 0 Å². The van der Waals surface area contributed by atoms with Gasteiger partial charge in [-0.1, -0.05) is 0 Å². The predicted octanol–water partition coefficient (Wildman–Crippen LogP) is -0.127. The van der Waals surface area contributed by atoms with E-state index in [0.717, 1.165) is 0 Å². The van der Waals surface area contributed by atoms with Crippen molar-refractivity contribution in [1.29, 1.82) is 0 Å². The molecule has 0 bridgehead atoms. The van der Waals surface area contributed by atoms with E-state index in [-0.39, 0.29) is 17.9 Å². The number of carbonyl (C=O) groups excluding carboxylic acids is 2. The van der Waals surface area contributed by atoms with Crippen LogP contribution in [0, 0.1) is 0 Å². The number of nitrogens with zero attached hydrogens (tertiary/aromatic N) is 1. The molecule has 1 aliphatic heterocycles. The maximum atomic E-state index is 11.2. The molecule has 0 spiro atoms. The van der Waals surface area contributed by atoms with Gasteiger partial charge in [0.2, 0.25) is 11.8 Å². The van der Waals surface area contributed by atoms with Gasteiger partial charge in [-0.25, -0.2) is 0 Å². The third kappa shape index (κ3) is 2.04. The summed E-state index contributed by atoms with van der Waals surface area (Å²) in [5.41, 5.74) is 5.50. The molecular weight excluding hydrogens is 156 g/mol. The molecule has 0 aromatic heterocycles. The van der Waals surface area contributed by atoms with Crippen LogP contribution in [0.25, 0.3) is 0 Å². The molecule has 0 saturated carbocycles. The van der Waals surface area contributed by atoms with Gasteiger partial charge in [0, 0.05) is 25.4 Å². The van der Waals surface area contributed by atoms with Gasteiger partial charge >= 0.3 is 0 Å². The van der Waals surface area contributed by atoms with Crippen LogP contribution in [-0.4, -0.2) is 29.3 Å². The first-order chi connectivity index (χ1) is 5.61. The Bertz CT molecular complexity index is 185. The summed E-state index contributed by atoms with van der Waals surface area (Å²) >= 11 is 0. The van der Waals surface area contributed by atoms with Crippen molar-refractivity contribution >= 4 is 11.8 Å². The van der Waals surface area contributed by atoms with Crippen LogP contribution in [0.15, 0.2) is 0 Å². The van der Waals surface area contributed by atoms with Crippen molar-refractivity contribution < 1.29 is 9.59 Å². The number of carbonyl (C=O) groups is 2. The normalized spacial score (nSPS) is 21.3. The van der Waals surface area contributed by atoms with Crippen molar-refractivity contribution in [2.75, 3.05) is 6.54 Å². The molecule has 0 aliphatic carbocycles. The van der Waals surface area contributed by atoms with Crippen molar-refractivity contribution in [3.63, 3.8) is 0 Å². The molecule has 1 heterocycles. The number of imide groups is 1. The lowest BCUT2D eigenvalue weighted by Crippen LogP contribution is -2.45. The number of piperidine rings is 1. The molecule has 4 heteroatoms. The number of hydrogen-bond acceptors (Lipinski definition) is 3. The topological polar surface area (TPSA) is 63.4 Å². The lowest BCUT2D eigenvalue weighted by atomic mass is 10.1. The smallest absolute Gasteiger partial charge is 0.229 e. The lowest BCUT2D eigenvalue weighted by Gasteiger charge is -2.26. The Balaban J connectivity index is 2.57. The highest BCUT2D eigenvalue weighted by Gasteiger charge is 2.25. The Labute approximate surface area is 71.7 Å². The molecule has 1 rings (SSSR count). The second-order valence-corrected chi connectivity index (χ2v) is 3.23. The Morgan fingerprint density at radius 3 is 2.33 bits per heavy atom. The molecule has 4 nitrogen and oxygen atoms in total. The third-order valence-electron chi connectivity index (χ3n) is 1.85. The summed E-state index contributed by atoms with van der Waals surface area (Å²) in [6.45, 7) is 2.15. The van der Waals surface area contributed by atoms with Gasteiger partial charge in [0.1, 0.15) is 0 Å². The SMILES string of the molecule is C[C@@H](N)CN1C(=O)CCCC1=O. The van der Waals surface area contributed by atoms with Gasteiger partial charge in [0.15, 0.2) is 0 Å². The number of amides is 2. The van der Waals surface area contributed by atoms with Crippen molar-refractivity contribution in [1.82, 2.24) is 4.90 Å². The molecule has 0 unspecified atom stereocenters. The average Bonchev–Trinajstić information content (AvgIpc) is 1.97. The quantitative estimate of drug-likeness (QED) is 0.587. The molecule has 68 valence electrons. The Morgan fingerprint density at radius 1 is 1.42 bits per heavy atom. The van der Waals surface area contributed by atoms with E-state index >= 15 is 0 Å². The van der Waals surface area contributed by atoms with Crippen LogP contribution < -0.4 is 5.73 Å². The zero-order chi connectivity index (χ0) is 9.14. The van der Waals surface area contributed by atoms with Crippen LogP contribution in [0.4, 0.5) is 0 Å². The van der Waals surface area contributed by atoms with Crippen LogP contribution in [0.1, 0.15) is 26.2 Å². The summed E-state index contributed by atoms with van der Waals surface area (Å²) in [5.74, 6) is -0.160. The van der Waals surface area contributed by atoms with Crippen molar-refractivity contribution in [2.24, 2.45) is 5.73 Å². The summed E-state index contributed by atoms with van der Waals surface area (Å²) in [6.07, 6.45) is 1.66. The molecule has 1 atom stereocenters. The molecule has 12 heavy (non-hydrogen) atoms. The minimum Gasteiger partial charge on any atom is -0.326 e. The van der Waals surface area contributed by atoms with Crippen molar-refractivity contribution in [3.8, 4) is 0 Å². The molecule has 0 aromatic carbocycles. The Kier molecular flexibility index (Phi) is 2.81. The molecule has 1 fully saturated rings. The fourth-order valence-corrected chi connectivity index (χ4v) is 1.29.